The van der Waals surface area contributed by atoms with Crippen LogP contribution in [-0.4, -0.2) is 23.7 Å². The molecule has 0 fully saturated rings. The minimum Gasteiger partial charge on any atom is -0.497 e. The van der Waals surface area contributed by atoms with Gasteiger partial charge in [-0.2, -0.15) is 10.1 Å². The van der Waals surface area contributed by atoms with Gasteiger partial charge in [0.25, 0.3) is 5.91 Å². The van der Waals surface area contributed by atoms with Crippen molar-refractivity contribution in [3.8, 4) is 5.75 Å². The normalized spacial score (nSPS) is 14.3. The third kappa shape index (κ3) is 2.25. The van der Waals surface area contributed by atoms with E-state index in [1.807, 2.05) is 30.3 Å². The standard InChI is InChI=1S/C15H13N3O2/c1-20-12-7-5-11(6-8-12)13-10-15(19)18(17-13)14-4-2-3-9-16-14/h2-9H,10H2,1H3. The lowest BCUT2D eigenvalue weighted by molar-refractivity contribution is -0.116. The molecule has 1 aromatic carbocycles. The van der Waals surface area contributed by atoms with Gasteiger partial charge in [-0.3, -0.25) is 4.79 Å². The lowest BCUT2D eigenvalue weighted by atomic mass is 10.1. The number of hydrogen-bond donors (Lipinski definition) is 0. The van der Waals surface area contributed by atoms with Gasteiger partial charge in [0.15, 0.2) is 5.82 Å². The molecule has 0 unspecified atom stereocenters. The van der Waals surface area contributed by atoms with Crippen molar-refractivity contribution in [3.63, 3.8) is 0 Å². The molecule has 20 heavy (non-hydrogen) atoms. The summed E-state index contributed by atoms with van der Waals surface area (Å²) in [5, 5.41) is 5.71. The third-order valence-electron chi connectivity index (χ3n) is 3.07. The summed E-state index contributed by atoms with van der Waals surface area (Å²) in [4.78, 5) is 16.2. The maximum atomic E-state index is 12.0. The van der Waals surface area contributed by atoms with Crippen LogP contribution in [-0.2, 0) is 4.79 Å². The van der Waals surface area contributed by atoms with Gasteiger partial charge in [0.2, 0.25) is 0 Å². The SMILES string of the molecule is COc1ccc(C2=NN(c3ccccn3)C(=O)C2)cc1. The van der Waals surface area contributed by atoms with E-state index >= 15 is 0 Å². The van der Waals surface area contributed by atoms with E-state index in [1.54, 1.807) is 25.4 Å². The Morgan fingerprint density at radius 3 is 2.60 bits per heavy atom. The largest absolute Gasteiger partial charge is 0.497 e. The second kappa shape index (κ2) is 5.13. The molecule has 2 aromatic rings. The Hall–Kier alpha value is -2.69. The van der Waals surface area contributed by atoms with Crippen molar-refractivity contribution in [2.24, 2.45) is 5.10 Å². The van der Waals surface area contributed by atoms with Crippen LogP contribution in [0.1, 0.15) is 12.0 Å². The van der Waals surface area contributed by atoms with Crippen LogP contribution in [0, 0.1) is 0 Å². The van der Waals surface area contributed by atoms with Crippen LogP contribution in [0.25, 0.3) is 0 Å². The molecule has 0 aliphatic carbocycles. The fourth-order valence-corrected chi connectivity index (χ4v) is 2.03. The number of hydrogen-bond acceptors (Lipinski definition) is 4. The Morgan fingerprint density at radius 2 is 1.95 bits per heavy atom. The van der Waals surface area contributed by atoms with Gasteiger partial charge in [0.1, 0.15) is 5.75 Å². The van der Waals surface area contributed by atoms with Crippen LogP contribution in [0.5, 0.6) is 5.75 Å². The van der Waals surface area contributed by atoms with E-state index in [0.29, 0.717) is 5.82 Å². The molecular weight excluding hydrogens is 254 g/mol. The van der Waals surface area contributed by atoms with Crippen molar-refractivity contribution in [2.75, 3.05) is 12.1 Å². The molecule has 0 saturated carbocycles. The first kappa shape index (κ1) is 12.3. The first-order valence-electron chi connectivity index (χ1n) is 6.24. The van der Waals surface area contributed by atoms with E-state index in [-0.39, 0.29) is 12.3 Å². The number of pyridine rings is 1. The highest BCUT2D eigenvalue weighted by atomic mass is 16.5. The number of ether oxygens (including phenoxy) is 1. The second-order valence-electron chi connectivity index (χ2n) is 4.35. The van der Waals surface area contributed by atoms with Gasteiger partial charge in [-0.25, -0.2) is 4.98 Å². The second-order valence-corrected chi connectivity index (χ2v) is 4.35. The number of nitrogens with zero attached hydrogens (tertiary/aromatic N) is 3. The van der Waals surface area contributed by atoms with Crippen molar-refractivity contribution in [2.45, 2.75) is 6.42 Å². The number of amides is 1. The number of benzene rings is 1. The first-order chi connectivity index (χ1) is 9.78. The Balaban J connectivity index is 1.89. The number of aromatic nitrogens is 1. The summed E-state index contributed by atoms with van der Waals surface area (Å²) in [5.41, 5.74) is 1.65. The zero-order valence-electron chi connectivity index (χ0n) is 11.0. The predicted octanol–water partition coefficient (Wildman–Crippen LogP) is 2.23. The molecule has 1 aromatic heterocycles. The molecule has 1 aliphatic rings. The molecule has 5 nitrogen and oxygen atoms in total. The number of methoxy groups -OCH3 is 1. The Labute approximate surface area is 116 Å². The number of hydrazone groups is 1. The van der Waals surface area contributed by atoms with Gasteiger partial charge in [0.05, 0.1) is 19.2 Å². The van der Waals surface area contributed by atoms with Gasteiger partial charge in [0, 0.05) is 6.20 Å². The monoisotopic (exact) mass is 267 g/mol. The minimum absolute atomic E-state index is 0.0745. The maximum Gasteiger partial charge on any atom is 0.254 e. The number of rotatable bonds is 3. The van der Waals surface area contributed by atoms with E-state index in [1.165, 1.54) is 5.01 Å². The Morgan fingerprint density at radius 1 is 1.15 bits per heavy atom. The van der Waals surface area contributed by atoms with Gasteiger partial charge in [-0.05, 0) is 42.0 Å². The highest BCUT2D eigenvalue weighted by Gasteiger charge is 2.26. The van der Waals surface area contributed by atoms with E-state index in [2.05, 4.69) is 10.1 Å². The average Bonchev–Trinajstić information content (AvgIpc) is 2.90. The highest BCUT2D eigenvalue weighted by molar-refractivity contribution is 6.19. The van der Waals surface area contributed by atoms with Gasteiger partial charge < -0.3 is 4.74 Å². The minimum atomic E-state index is -0.0745. The quantitative estimate of drug-likeness (QED) is 0.857. The zero-order valence-corrected chi connectivity index (χ0v) is 11.0. The summed E-state index contributed by atoms with van der Waals surface area (Å²) in [7, 11) is 1.62. The Kier molecular flexibility index (Phi) is 3.16. The number of anilines is 1. The fraction of sp³-hybridized carbons (Fsp3) is 0.133. The lowest BCUT2D eigenvalue weighted by Crippen LogP contribution is -2.20. The van der Waals surface area contributed by atoms with Crippen LogP contribution >= 0.6 is 0 Å². The third-order valence-corrected chi connectivity index (χ3v) is 3.07. The number of carbonyl (C=O) groups excluding carboxylic acids is 1. The highest BCUT2D eigenvalue weighted by Crippen LogP contribution is 2.21. The molecule has 0 saturated heterocycles. The van der Waals surface area contributed by atoms with Crippen molar-refractivity contribution in [3.05, 3.63) is 54.2 Å². The van der Waals surface area contributed by atoms with E-state index in [4.69, 9.17) is 4.74 Å². The van der Waals surface area contributed by atoms with Crippen molar-refractivity contribution >= 4 is 17.4 Å². The van der Waals surface area contributed by atoms with Gasteiger partial charge in [-0.15, -0.1) is 0 Å². The van der Waals surface area contributed by atoms with Crippen LogP contribution in [0.4, 0.5) is 5.82 Å². The van der Waals surface area contributed by atoms with E-state index < -0.39 is 0 Å². The maximum absolute atomic E-state index is 12.0. The topological polar surface area (TPSA) is 54.8 Å². The fourth-order valence-electron chi connectivity index (χ4n) is 2.03. The average molecular weight is 267 g/mol. The smallest absolute Gasteiger partial charge is 0.254 e. The molecular formula is C15H13N3O2. The molecule has 2 heterocycles. The molecule has 5 heteroatoms. The van der Waals surface area contributed by atoms with E-state index in [0.717, 1.165) is 17.0 Å². The molecule has 0 atom stereocenters. The van der Waals surface area contributed by atoms with Crippen LogP contribution in [0.2, 0.25) is 0 Å². The lowest BCUT2D eigenvalue weighted by Gasteiger charge is -2.08. The molecule has 1 aliphatic heterocycles. The van der Waals surface area contributed by atoms with Gasteiger partial charge >= 0.3 is 0 Å². The summed E-state index contributed by atoms with van der Waals surface area (Å²) >= 11 is 0. The van der Waals surface area contributed by atoms with Crippen molar-refractivity contribution in [1.82, 2.24) is 4.98 Å². The summed E-state index contributed by atoms with van der Waals surface area (Å²) < 4.78 is 5.12. The first-order valence-corrected chi connectivity index (χ1v) is 6.24. The van der Waals surface area contributed by atoms with Crippen LogP contribution < -0.4 is 9.75 Å². The molecule has 0 bridgehead atoms. The van der Waals surface area contributed by atoms with Crippen molar-refractivity contribution in [1.29, 1.82) is 0 Å². The molecule has 3 rings (SSSR count). The predicted molar refractivity (Wildman–Crippen MR) is 75.9 cm³/mol. The van der Waals surface area contributed by atoms with E-state index in [9.17, 15) is 4.79 Å². The van der Waals surface area contributed by atoms with Crippen LogP contribution in [0.15, 0.2) is 53.8 Å². The zero-order chi connectivity index (χ0) is 13.9. The summed E-state index contributed by atoms with van der Waals surface area (Å²) in [6.45, 7) is 0. The molecule has 1 amide bonds. The Bertz CT molecular complexity index is 651. The number of carbonyl (C=O) groups is 1. The van der Waals surface area contributed by atoms with Crippen LogP contribution in [0.3, 0.4) is 0 Å². The van der Waals surface area contributed by atoms with Gasteiger partial charge in [-0.1, -0.05) is 6.07 Å². The summed E-state index contributed by atoms with van der Waals surface area (Å²) in [6, 6.07) is 12.9. The molecule has 0 N–H and O–H groups in total. The summed E-state index contributed by atoms with van der Waals surface area (Å²) in [5.74, 6) is 1.25. The molecule has 0 spiro atoms. The molecule has 100 valence electrons. The van der Waals surface area contributed by atoms with Crippen molar-refractivity contribution < 1.29 is 9.53 Å². The molecule has 0 radical (unpaired) electrons. The summed E-state index contributed by atoms with van der Waals surface area (Å²) in [6.07, 6.45) is 1.92.